The zero-order chi connectivity index (χ0) is 11.8. The van der Waals surface area contributed by atoms with Crippen molar-refractivity contribution in [3.8, 4) is 0 Å². The number of aliphatic carboxylic acids is 1. The summed E-state index contributed by atoms with van der Waals surface area (Å²) >= 11 is 0. The molecule has 0 bridgehead atoms. The smallest absolute Gasteiger partial charge is 0.307 e. The second kappa shape index (κ2) is 7.69. The summed E-state index contributed by atoms with van der Waals surface area (Å²) in [6.45, 7) is 9.89. The fraction of sp³-hybridized carbons (Fsp3) is 0.917. The molecule has 0 aromatic heterocycles. The van der Waals surface area contributed by atoms with Gasteiger partial charge >= 0.3 is 5.97 Å². The zero-order valence-electron chi connectivity index (χ0n) is 10.5. The second-order valence-electron chi connectivity index (χ2n) is 4.54. The van der Waals surface area contributed by atoms with Crippen molar-refractivity contribution in [2.24, 2.45) is 5.92 Å². The molecule has 0 rings (SSSR count). The minimum atomic E-state index is -0.698. The Balaban J connectivity index is 3.98. The molecule has 0 heterocycles. The van der Waals surface area contributed by atoms with Crippen LogP contribution >= 0.6 is 0 Å². The highest BCUT2D eigenvalue weighted by Gasteiger charge is 2.17. The highest BCUT2D eigenvalue weighted by Crippen LogP contribution is 2.07. The van der Waals surface area contributed by atoms with Crippen molar-refractivity contribution in [1.29, 1.82) is 0 Å². The lowest BCUT2D eigenvalue weighted by Gasteiger charge is -2.28. The summed E-state index contributed by atoms with van der Waals surface area (Å²) in [7, 11) is 0. The molecule has 1 atom stereocenters. The molecule has 0 aliphatic rings. The van der Waals surface area contributed by atoms with Crippen molar-refractivity contribution >= 4 is 5.97 Å². The van der Waals surface area contributed by atoms with Gasteiger partial charge in [0.2, 0.25) is 0 Å². The molecule has 0 spiro atoms. The van der Waals surface area contributed by atoms with Gasteiger partial charge in [0.25, 0.3) is 0 Å². The zero-order valence-corrected chi connectivity index (χ0v) is 10.5. The third-order valence-electron chi connectivity index (χ3n) is 2.71. The first-order valence-electron chi connectivity index (χ1n) is 5.95. The Morgan fingerprint density at radius 3 is 2.27 bits per heavy atom. The summed E-state index contributed by atoms with van der Waals surface area (Å²) in [6.07, 6.45) is 3.60. The van der Waals surface area contributed by atoms with Gasteiger partial charge in [-0.2, -0.15) is 0 Å². The van der Waals surface area contributed by atoms with Gasteiger partial charge in [-0.05, 0) is 26.8 Å². The number of rotatable bonds is 8. The van der Waals surface area contributed by atoms with E-state index in [9.17, 15) is 4.79 Å². The van der Waals surface area contributed by atoms with Gasteiger partial charge in [-0.3, -0.25) is 4.79 Å². The maximum Gasteiger partial charge on any atom is 0.307 e. The molecule has 1 unspecified atom stereocenters. The number of carboxylic acids is 1. The van der Waals surface area contributed by atoms with Crippen molar-refractivity contribution in [2.45, 2.75) is 53.0 Å². The maximum atomic E-state index is 10.8. The maximum absolute atomic E-state index is 10.8. The van der Waals surface area contributed by atoms with Crippen LogP contribution in [0.3, 0.4) is 0 Å². The van der Waals surface area contributed by atoms with E-state index in [1.807, 2.05) is 0 Å². The van der Waals surface area contributed by atoms with E-state index in [4.69, 9.17) is 5.11 Å². The van der Waals surface area contributed by atoms with E-state index in [2.05, 4.69) is 25.7 Å². The fourth-order valence-electron chi connectivity index (χ4n) is 1.56. The van der Waals surface area contributed by atoms with Crippen molar-refractivity contribution in [1.82, 2.24) is 4.90 Å². The first-order chi connectivity index (χ1) is 6.99. The molecule has 3 heteroatoms. The van der Waals surface area contributed by atoms with E-state index in [1.54, 1.807) is 6.92 Å². The predicted molar refractivity (Wildman–Crippen MR) is 63.0 cm³/mol. The lowest BCUT2D eigenvalue weighted by molar-refractivity contribution is -0.141. The normalized spacial score (nSPS) is 13.5. The molecule has 0 aromatic carbocycles. The van der Waals surface area contributed by atoms with Gasteiger partial charge in [0.15, 0.2) is 0 Å². The predicted octanol–water partition coefficient (Wildman–Crippen LogP) is 2.61. The molecule has 0 aromatic rings. The molecule has 0 saturated carbocycles. The van der Waals surface area contributed by atoms with Gasteiger partial charge in [-0.1, -0.05) is 26.7 Å². The molecule has 0 amide bonds. The van der Waals surface area contributed by atoms with Gasteiger partial charge in [-0.25, -0.2) is 0 Å². The molecule has 0 fully saturated rings. The van der Waals surface area contributed by atoms with Gasteiger partial charge in [0.05, 0.1) is 5.92 Å². The average molecular weight is 215 g/mol. The SMILES string of the molecule is CCCCCN(CC(C)C(=O)O)C(C)C. The van der Waals surface area contributed by atoms with E-state index in [1.165, 1.54) is 19.3 Å². The van der Waals surface area contributed by atoms with E-state index >= 15 is 0 Å². The van der Waals surface area contributed by atoms with E-state index in [0.717, 1.165) is 6.54 Å². The van der Waals surface area contributed by atoms with Crippen LogP contribution in [-0.4, -0.2) is 35.1 Å². The van der Waals surface area contributed by atoms with Crippen molar-refractivity contribution < 1.29 is 9.90 Å². The van der Waals surface area contributed by atoms with Crippen LogP contribution in [0.25, 0.3) is 0 Å². The highest BCUT2D eigenvalue weighted by molar-refractivity contribution is 5.69. The van der Waals surface area contributed by atoms with E-state index in [0.29, 0.717) is 12.6 Å². The average Bonchev–Trinajstić information content (AvgIpc) is 2.15. The number of carbonyl (C=O) groups is 1. The number of hydrogen-bond donors (Lipinski definition) is 1. The molecule has 0 aliphatic heterocycles. The van der Waals surface area contributed by atoms with Crippen LogP contribution in [0, 0.1) is 5.92 Å². The monoisotopic (exact) mass is 215 g/mol. The Bertz CT molecular complexity index is 180. The Morgan fingerprint density at radius 1 is 1.27 bits per heavy atom. The topological polar surface area (TPSA) is 40.5 Å². The Morgan fingerprint density at radius 2 is 1.87 bits per heavy atom. The van der Waals surface area contributed by atoms with E-state index < -0.39 is 5.97 Å². The van der Waals surface area contributed by atoms with Gasteiger partial charge < -0.3 is 10.0 Å². The van der Waals surface area contributed by atoms with Crippen molar-refractivity contribution in [3.05, 3.63) is 0 Å². The van der Waals surface area contributed by atoms with Crippen LogP contribution in [0.4, 0.5) is 0 Å². The molecular formula is C12H25NO2. The standard InChI is InChI=1S/C12H25NO2/c1-5-6-7-8-13(10(2)3)9-11(4)12(14)15/h10-11H,5-9H2,1-4H3,(H,14,15). The van der Waals surface area contributed by atoms with Gasteiger partial charge in [0, 0.05) is 12.6 Å². The summed E-state index contributed by atoms with van der Waals surface area (Å²) in [5.41, 5.74) is 0. The molecule has 0 radical (unpaired) electrons. The second-order valence-corrected chi connectivity index (χ2v) is 4.54. The first-order valence-corrected chi connectivity index (χ1v) is 5.95. The van der Waals surface area contributed by atoms with Crippen LogP contribution in [-0.2, 0) is 4.79 Å². The Kier molecular flexibility index (Phi) is 7.39. The van der Waals surface area contributed by atoms with Crippen molar-refractivity contribution in [2.75, 3.05) is 13.1 Å². The molecule has 0 aliphatic carbocycles. The fourth-order valence-corrected chi connectivity index (χ4v) is 1.56. The third-order valence-corrected chi connectivity index (χ3v) is 2.71. The number of unbranched alkanes of at least 4 members (excludes halogenated alkanes) is 2. The highest BCUT2D eigenvalue weighted by atomic mass is 16.4. The molecule has 90 valence electrons. The summed E-state index contributed by atoms with van der Waals surface area (Å²) < 4.78 is 0. The molecule has 1 N–H and O–H groups in total. The molecule has 15 heavy (non-hydrogen) atoms. The number of carboxylic acid groups (broad SMARTS) is 1. The van der Waals surface area contributed by atoms with Crippen molar-refractivity contribution in [3.63, 3.8) is 0 Å². The molecule has 3 nitrogen and oxygen atoms in total. The van der Waals surface area contributed by atoms with Gasteiger partial charge in [-0.15, -0.1) is 0 Å². The quantitative estimate of drug-likeness (QED) is 0.633. The van der Waals surface area contributed by atoms with E-state index in [-0.39, 0.29) is 5.92 Å². The minimum Gasteiger partial charge on any atom is -0.481 e. The van der Waals surface area contributed by atoms with Crippen LogP contribution in [0.1, 0.15) is 47.0 Å². The molecule has 0 saturated heterocycles. The van der Waals surface area contributed by atoms with Crippen LogP contribution in [0.15, 0.2) is 0 Å². The van der Waals surface area contributed by atoms with Crippen LogP contribution < -0.4 is 0 Å². The number of hydrogen-bond acceptors (Lipinski definition) is 2. The third kappa shape index (κ3) is 6.50. The summed E-state index contributed by atoms with van der Waals surface area (Å²) in [5.74, 6) is -0.967. The van der Waals surface area contributed by atoms with Crippen LogP contribution in [0.2, 0.25) is 0 Å². The largest absolute Gasteiger partial charge is 0.481 e. The number of nitrogens with zero attached hydrogens (tertiary/aromatic N) is 1. The summed E-state index contributed by atoms with van der Waals surface area (Å²) in [5, 5.41) is 8.86. The minimum absolute atomic E-state index is 0.269. The summed E-state index contributed by atoms with van der Waals surface area (Å²) in [4.78, 5) is 13.0. The summed E-state index contributed by atoms with van der Waals surface area (Å²) in [6, 6.07) is 0.434. The lowest BCUT2D eigenvalue weighted by Crippen LogP contribution is -2.37. The van der Waals surface area contributed by atoms with Gasteiger partial charge in [0.1, 0.15) is 0 Å². The first kappa shape index (κ1) is 14.4. The lowest BCUT2D eigenvalue weighted by atomic mass is 10.1. The Labute approximate surface area is 93.5 Å². The Hall–Kier alpha value is -0.570. The molecular weight excluding hydrogens is 190 g/mol. The van der Waals surface area contributed by atoms with Crippen LogP contribution in [0.5, 0.6) is 0 Å².